The van der Waals surface area contributed by atoms with Gasteiger partial charge < -0.3 is 15.7 Å². The van der Waals surface area contributed by atoms with E-state index >= 15 is 0 Å². The van der Waals surface area contributed by atoms with Gasteiger partial charge in [-0.25, -0.2) is 4.79 Å². The van der Waals surface area contributed by atoms with Crippen molar-refractivity contribution in [3.05, 3.63) is 0 Å². The Bertz CT molecular complexity index is 362. The molecule has 0 aromatic rings. The maximum Gasteiger partial charge on any atom is 0.315 e. The summed E-state index contributed by atoms with van der Waals surface area (Å²) in [6.45, 7) is 1.95. The van der Waals surface area contributed by atoms with Crippen molar-refractivity contribution >= 4 is 12.0 Å². The van der Waals surface area contributed by atoms with Gasteiger partial charge in [0.2, 0.25) is 0 Å². The number of amides is 2. The van der Waals surface area contributed by atoms with Gasteiger partial charge in [0.25, 0.3) is 0 Å². The van der Waals surface area contributed by atoms with Crippen molar-refractivity contribution in [1.82, 2.24) is 10.6 Å². The molecule has 3 unspecified atom stereocenters. The number of carbonyl (C=O) groups is 2. The Hall–Kier alpha value is -1.70. The molecule has 1 aliphatic rings. The zero-order valence-corrected chi connectivity index (χ0v) is 11.3. The molecule has 0 heterocycles. The van der Waals surface area contributed by atoms with E-state index in [2.05, 4.69) is 16.6 Å². The van der Waals surface area contributed by atoms with Crippen molar-refractivity contribution in [3.8, 4) is 12.3 Å². The molecule has 1 saturated carbocycles. The van der Waals surface area contributed by atoms with Gasteiger partial charge in [0.15, 0.2) is 0 Å². The van der Waals surface area contributed by atoms with Crippen LogP contribution in [0.1, 0.15) is 45.4 Å². The molecule has 19 heavy (non-hydrogen) atoms. The van der Waals surface area contributed by atoms with E-state index in [1.54, 1.807) is 0 Å². The van der Waals surface area contributed by atoms with Crippen molar-refractivity contribution in [1.29, 1.82) is 0 Å². The molecule has 5 heteroatoms. The van der Waals surface area contributed by atoms with Crippen LogP contribution in [0.4, 0.5) is 4.79 Å². The average Bonchev–Trinajstić information content (AvgIpc) is 2.38. The van der Waals surface area contributed by atoms with Crippen LogP contribution in [0.3, 0.4) is 0 Å². The molecule has 106 valence electrons. The van der Waals surface area contributed by atoms with Crippen molar-refractivity contribution in [3.63, 3.8) is 0 Å². The van der Waals surface area contributed by atoms with Crippen LogP contribution in [0, 0.1) is 18.3 Å². The highest BCUT2D eigenvalue weighted by atomic mass is 16.4. The van der Waals surface area contributed by atoms with Crippen molar-refractivity contribution in [2.45, 2.75) is 57.5 Å². The van der Waals surface area contributed by atoms with Gasteiger partial charge in [-0.1, -0.05) is 19.8 Å². The second-order valence-corrected chi connectivity index (χ2v) is 4.97. The minimum absolute atomic E-state index is 0.0585. The number of carbonyl (C=O) groups excluding carboxylic acids is 1. The molecular weight excluding hydrogens is 244 g/mol. The number of aliphatic carboxylic acids is 1. The van der Waals surface area contributed by atoms with E-state index in [0.29, 0.717) is 12.8 Å². The molecule has 0 radical (unpaired) electrons. The largest absolute Gasteiger partial charge is 0.481 e. The van der Waals surface area contributed by atoms with E-state index in [0.717, 1.165) is 25.7 Å². The Morgan fingerprint density at radius 3 is 2.68 bits per heavy atom. The molecule has 0 bridgehead atoms. The van der Waals surface area contributed by atoms with Gasteiger partial charge in [-0.05, 0) is 19.3 Å². The Balaban J connectivity index is 2.50. The minimum Gasteiger partial charge on any atom is -0.481 e. The first kappa shape index (κ1) is 15.4. The Kier molecular flexibility index (Phi) is 6.20. The van der Waals surface area contributed by atoms with Crippen LogP contribution >= 0.6 is 0 Å². The Labute approximate surface area is 114 Å². The van der Waals surface area contributed by atoms with Crippen LogP contribution in [0.5, 0.6) is 0 Å². The topological polar surface area (TPSA) is 78.4 Å². The molecule has 0 aliphatic heterocycles. The minimum atomic E-state index is -0.833. The SMILES string of the molecule is C#CCC(CC)NC(=O)NC1CCCCC1C(=O)O. The van der Waals surface area contributed by atoms with Crippen molar-refractivity contribution in [2.24, 2.45) is 5.92 Å². The van der Waals surface area contributed by atoms with E-state index in [1.807, 2.05) is 6.92 Å². The Morgan fingerprint density at radius 1 is 1.42 bits per heavy atom. The van der Waals surface area contributed by atoms with E-state index in [4.69, 9.17) is 11.5 Å². The van der Waals surface area contributed by atoms with Gasteiger partial charge in [-0.2, -0.15) is 0 Å². The molecule has 0 aromatic carbocycles. The summed E-state index contributed by atoms with van der Waals surface area (Å²) < 4.78 is 0. The van der Waals surface area contributed by atoms with Crippen LogP contribution in [0.25, 0.3) is 0 Å². The fourth-order valence-corrected chi connectivity index (χ4v) is 2.43. The van der Waals surface area contributed by atoms with E-state index in [1.165, 1.54) is 0 Å². The van der Waals surface area contributed by atoms with Crippen LogP contribution in [0.15, 0.2) is 0 Å². The smallest absolute Gasteiger partial charge is 0.315 e. The lowest BCUT2D eigenvalue weighted by atomic mass is 9.84. The number of urea groups is 1. The summed E-state index contributed by atoms with van der Waals surface area (Å²) in [5.41, 5.74) is 0. The molecule has 1 fully saturated rings. The molecule has 2 amide bonds. The first-order valence-electron chi connectivity index (χ1n) is 6.81. The van der Waals surface area contributed by atoms with Crippen molar-refractivity contribution in [2.75, 3.05) is 0 Å². The lowest BCUT2D eigenvalue weighted by Crippen LogP contribution is -2.50. The molecule has 0 aromatic heterocycles. The summed E-state index contributed by atoms with van der Waals surface area (Å²) in [7, 11) is 0. The number of hydrogen-bond donors (Lipinski definition) is 3. The molecule has 1 aliphatic carbocycles. The van der Waals surface area contributed by atoms with Crippen LogP contribution in [-0.4, -0.2) is 29.2 Å². The lowest BCUT2D eigenvalue weighted by Gasteiger charge is -2.29. The van der Waals surface area contributed by atoms with Crippen LogP contribution in [0.2, 0.25) is 0 Å². The number of carboxylic acids is 1. The number of terminal acetylenes is 1. The van der Waals surface area contributed by atoms with Gasteiger partial charge >= 0.3 is 12.0 Å². The Morgan fingerprint density at radius 2 is 2.11 bits per heavy atom. The highest BCUT2D eigenvalue weighted by Crippen LogP contribution is 2.24. The number of rotatable bonds is 5. The van der Waals surface area contributed by atoms with E-state index in [-0.39, 0.29) is 18.1 Å². The normalized spacial score (nSPS) is 24.0. The molecule has 0 saturated heterocycles. The summed E-state index contributed by atoms with van der Waals surface area (Å²) in [5.74, 6) is 1.21. The molecule has 5 nitrogen and oxygen atoms in total. The summed E-state index contributed by atoms with van der Waals surface area (Å²) in [6.07, 6.45) is 9.67. The summed E-state index contributed by atoms with van der Waals surface area (Å²) >= 11 is 0. The first-order chi connectivity index (χ1) is 9.08. The van der Waals surface area contributed by atoms with E-state index < -0.39 is 11.9 Å². The van der Waals surface area contributed by atoms with Gasteiger partial charge in [-0.3, -0.25) is 4.79 Å². The number of carboxylic acid groups (broad SMARTS) is 1. The maximum atomic E-state index is 11.8. The lowest BCUT2D eigenvalue weighted by molar-refractivity contribution is -0.143. The number of hydrogen-bond acceptors (Lipinski definition) is 2. The summed E-state index contributed by atoms with van der Waals surface area (Å²) in [6, 6.07) is -0.660. The third-order valence-electron chi connectivity index (χ3n) is 3.59. The monoisotopic (exact) mass is 266 g/mol. The van der Waals surface area contributed by atoms with Gasteiger partial charge in [-0.15, -0.1) is 12.3 Å². The molecule has 0 spiro atoms. The van der Waals surface area contributed by atoms with Crippen LogP contribution < -0.4 is 10.6 Å². The molecule has 3 atom stereocenters. The standard InChI is InChI=1S/C14H22N2O3/c1-3-7-10(4-2)15-14(19)16-12-9-6-5-8-11(12)13(17)18/h1,10-12H,4-9H2,2H3,(H,17,18)(H2,15,16,19). The van der Waals surface area contributed by atoms with Gasteiger partial charge in [0.05, 0.1) is 5.92 Å². The predicted octanol–water partition coefficient (Wildman–Crippen LogP) is 1.73. The zero-order valence-electron chi connectivity index (χ0n) is 11.3. The molecular formula is C14H22N2O3. The third-order valence-corrected chi connectivity index (χ3v) is 3.59. The third kappa shape index (κ3) is 4.82. The van der Waals surface area contributed by atoms with Gasteiger partial charge in [0.1, 0.15) is 0 Å². The quantitative estimate of drug-likeness (QED) is 0.663. The molecule has 3 N–H and O–H groups in total. The second kappa shape index (κ2) is 7.67. The summed E-state index contributed by atoms with van der Waals surface area (Å²) in [4.78, 5) is 23.0. The van der Waals surface area contributed by atoms with Crippen LogP contribution in [-0.2, 0) is 4.79 Å². The highest BCUT2D eigenvalue weighted by molar-refractivity contribution is 5.77. The van der Waals surface area contributed by atoms with Crippen molar-refractivity contribution < 1.29 is 14.7 Å². The first-order valence-corrected chi connectivity index (χ1v) is 6.81. The number of nitrogens with one attached hydrogen (secondary N) is 2. The fourth-order valence-electron chi connectivity index (χ4n) is 2.43. The predicted molar refractivity (Wildman–Crippen MR) is 72.6 cm³/mol. The second-order valence-electron chi connectivity index (χ2n) is 4.97. The highest BCUT2D eigenvalue weighted by Gasteiger charge is 2.31. The van der Waals surface area contributed by atoms with E-state index in [9.17, 15) is 9.59 Å². The average molecular weight is 266 g/mol. The maximum absolute atomic E-state index is 11.8. The fraction of sp³-hybridized carbons (Fsp3) is 0.714. The van der Waals surface area contributed by atoms with Gasteiger partial charge in [0, 0.05) is 18.5 Å². The summed E-state index contributed by atoms with van der Waals surface area (Å²) in [5, 5.41) is 14.7. The zero-order chi connectivity index (χ0) is 14.3. The molecule has 1 rings (SSSR count).